The summed E-state index contributed by atoms with van der Waals surface area (Å²) in [5.41, 5.74) is 0.105. The van der Waals surface area contributed by atoms with Crippen molar-refractivity contribution in [2.45, 2.75) is 6.92 Å². The summed E-state index contributed by atoms with van der Waals surface area (Å²) in [5, 5.41) is 10.2. The molecule has 6 nitrogen and oxygen atoms in total. The third kappa shape index (κ3) is 3.68. The zero-order valence-electron chi connectivity index (χ0n) is 15.4. The minimum atomic E-state index is -0.614. The van der Waals surface area contributed by atoms with E-state index in [-0.39, 0.29) is 28.0 Å². The van der Waals surface area contributed by atoms with Crippen LogP contribution in [0, 0.1) is 6.92 Å². The van der Waals surface area contributed by atoms with Crippen molar-refractivity contribution >= 4 is 35.0 Å². The summed E-state index contributed by atoms with van der Waals surface area (Å²) in [7, 11) is 0. The van der Waals surface area contributed by atoms with E-state index in [2.05, 4.69) is 0 Å². The number of aryl methyl sites for hydroxylation is 1. The van der Waals surface area contributed by atoms with E-state index < -0.39 is 11.2 Å². The van der Waals surface area contributed by atoms with Crippen LogP contribution in [0.1, 0.15) is 33.2 Å². The van der Waals surface area contributed by atoms with Crippen LogP contribution in [0.2, 0.25) is 0 Å². The predicted octanol–water partition coefficient (Wildman–Crippen LogP) is 5.06. The quantitative estimate of drug-likeness (QED) is 0.379. The van der Waals surface area contributed by atoms with Crippen molar-refractivity contribution in [3.8, 4) is 5.75 Å². The minimum absolute atomic E-state index is 0.0412. The lowest BCUT2D eigenvalue weighted by atomic mass is 10.0. The number of ketones is 1. The van der Waals surface area contributed by atoms with E-state index in [1.807, 2.05) is 0 Å². The normalized spacial score (nSPS) is 11.8. The van der Waals surface area contributed by atoms with Gasteiger partial charge in [0.05, 0.1) is 12.5 Å². The second kappa shape index (κ2) is 7.52. The number of carbonyl (C=O) groups is 1. The Balaban J connectivity index is 1.89. The molecule has 0 radical (unpaired) electrons. The number of carbonyl (C=O) groups excluding carboxylic acids is 1. The Morgan fingerprint density at radius 1 is 1.00 bits per heavy atom. The Bertz CT molecular complexity index is 1290. The molecule has 1 aromatic carbocycles. The van der Waals surface area contributed by atoms with Crippen LogP contribution in [0.5, 0.6) is 5.75 Å². The molecule has 4 aromatic rings. The molecule has 1 N–H and O–H groups in total. The lowest BCUT2D eigenvalue weighted by Gasteiger charge is -2.07. The highest BCUT2D eigenvalue weighted by Crippen LogP contribution is 2.27. The largest absolute Gasteiger partial charge is 0.507 e. The highest BCUT2D eigenvalue weighted by Gasteiger charge is 2.20. The molecule has 0 spiro atoms. The third-order valence-electron chi connectivity index (χ3n) is 4.28. The van der Waals surface area contributed by atoms with Crippen LogP contribution in [0.25, 0.3) is 29.2 Å². The van der Waals surface area contributed by atoms with Crippen LogP contribution in [0.3, 0.4) is 0 Å². The van der Waals surface area contributed by atoms with Gasteiger partial charge in [0.25, 0.3) is 0 Å². The number of hydrogen-bond acceptors (Lipinski definition) is 6. The van der Waals surface area contributed by atoms with Gasteiger partial charge in [0.2, 0.25) is 5.43 Å². The number of furan rings is 2. The number of phenolic OH excluding ortho intramolecular Hbond substituents is 1. The van der Waals surface area contributed by atoms with Crippen LogP contribution in [-0.4, -0.2) is 10.9 Å². The summed E-state index contributed by atoms with van der Waals surface area (Å²) in [6, 6.07) is 9.89. The maximum Gasteiger partial charge on any atom is 0.208 e. The predicted molar refractivity (Wildman–Crippen MR) is 109 cm³/mol. The number of hydrogen-bond donors (Lipinski definition) is 1. The first-order valence-electron chi connectivity index (χ1n) is 8.81. The smallest absolute Gasteiger partial charge is 0.208 e. The van der Waals surface area contributed by atoms with E-state index >= 15 is 0 Å². The first kappa shape index (κ1) is 18.3. The number of allylic oxidation sites excluding steroid dienone is 1. The Hall–Kier alpha value is -4.06. The van der Waals surface area contributed by atoms with Gasteiger partial charge >= 0.3 is 0 Å². The zero-order valence-corrected chi connectivity index (χ0v) is 15.4. The van der Waals surface area contributed by atoms with E-state index in [1.165, 1.54) is 36.8 Å². The summed E-state index contributed by atoms with van der Waals surface area (Å²) in [5.74, 6) is 0.257. The zero-order chi connectivity index (χ0) is 20.4. The number of benzene rings is 1. The average Bonchev–Trinajstić information content (AvgIpc) is 3.37. The van der Waals surface area contributed by atoms with Gasteiger partial charge in [0.1, 0.15) is 39.6 Å². The molecular weight excluding hydrogens is 372 g/mol. The second-order valence-electron chi connectivity index (χ2n) is 6.39. The minimum Gasteiger partial charge on any atom is -0.507 e. The molecule has 0 amide bonds. The van der Waals surface area contributed by atoms with Gasteiger partial charge in [-0.25, -0.2) is 0 Å². The SMILES string of the molecule is Cc1cc(O)c2c(=O)c(C(=O)/C=C/c3ccco3)c(/C=C/c3ccco3)oc2c1. The molecule has 0 aliphatic heterocycles. The highest BCUT2D eigenvalue weighted by atomic mass is 16.3. The van der Waals surface area contributed by atoms with Crippen LogP contribution < -0.4 is 5.43 Å². The van der Waals surface area contributed by atoms with Crippen LogP contribution >= 0.6 is 0 Å². The Morgan fingerprint density at radius 3 is 2.34 bits per heavy atom. The molecular formula is C23H16O6. The van der Waals surface area contributed by atoms with Crippen molar-refractivity contribution in [1.29, 1.82) is 0 Å². The van der Waals surface area contributed by atoms with Gasteiger partial charge in [0, 0.05) is 0 Å². The molecule has 0 aliphatic carbocycles. The van der Waals surface area contributed by atoms with Gasteiger partial charge in [-0.3, -0.25) is 9.59 Å². The molecule has 0 saturated carbocycles. The lowest BCUT2D eigenvalue weighted by molar-refractivity contribution is 0.104. The van der Waals surface area contributed by atoms with Crippen molar-refractivity contribution in [3.05, 3.63) is 93.6 Å². The Morgan fingerprint density at radius 2 is 1.69 bits per heavy atom. The van der Waals surface area contributed by atoms with Gasteiger partial charge in [-0.05, 0) is 73.2 Å². The topological polar surface area (TPSA) is 93.8 Å². The molecule has 29 heavy (non-hydrogen) atoms. The van der Waals surface area contributed by atoms with Gasteiger partial charge in [-0.2, -0.15) is 0 Å². The fourth-order valence-electron chi connectivity index (χ4n) is 2.97. The van der Waals surface area contributed by atoms with E-state index in [0.717, 1.165) is 5.56 Å². The number of rotatable bonds is 5. The molecule has 0 fully saturated rings. The van der Waals surface area contributed by atoms with E-state index in [0.29, 0.717) is 11.5 Å². The lowest BCUT2D eigenvalue weighted by Crippen LogP contribution is -2.16. The van der Waals surface area contributed by atoms with E-state index in [1.54, 1.807) is 43.3 Å². The molecule has 0 bridgehead atoms. The van der Waals surface area contributed by atoms with Crippen molar-refractivity contribution < 1.29 is 23.2 Å². The maximum absolute atomic E-state index is 13.1. The third-order valence-corrected chi connectivity index (χ3v) is 4.28. The summed E-state index contributed by atoms with van der Waals surface area (Å²) in [6.07, 6.45) is 8.76. The number of fused-ring (bicyclic) bond motifs is 1. The van der Waals surface area contributed by atoms with Crippen LogP contribution in [0.15, 0.2) is 73.0 Å². The Kier molecular flexibility index (Phi) is 4.75. The molecule has 0 unspecified atom stereocenters. The monoisotopic (exact) mass is 388 g/mol. The van der Waals surface area contributed by atoms with Gasteiger partial charge in [0.15, 0.2) is 5.78 Å². The molecule has 144 valence electrons. The maximum atomic E-state index is 13.1. The number of aromatic hydroxyl groups is 1. The average molecular weight is 388 g/mol. The molecule has 0 atom stereocenters. The van der Waals surface area contributed by atoms with E-state index in [4.69, 9.17) is 13.3 Å². The fraction of sp³-hybridized carbons (Fsp3) is 0.0435. The van der Waals surface area contributed by atoms with Crippen molar-refractivity contribution in [1.82, 2.24) is 0 Å². The van der Waals surface area contributed by atoms with Crippen molar-refractivity contribution in [2.24, 2.45) is 0 Å². The first-order chi connectivity index (χ1) is 14.0. The molecule has 0 saturated heterocycles. The van der Waals surface area contributed by atoms with Gasteiger partial charge in [-0.1, -0.05) is 0 Å². The van der Waals surface area contributed by atoms with E-state index in [9.17, 15) is 14.7 Å². The van der Waals surface area contributed by atoms with Gasteiger partial charge in [-0.15, -0.1) is 0 Å². The molecule has 0 aliphatic rings. The summed E-state index contributed by atoms with van der Waals surface area (Å²) in [6.45, 7) is 1.77. The molecule has 3 heterocycles. The molecule has 4 rings (SSSR count). The molecule has 3 aromatic heterocycles. The number of phenols is 1. The second-order valence-corrected chi connectivity index (χ2v) is 6.39. The summed E-state index contributed by atoms with van der Waals surface area (Å²) in [4.78, 5) is 25.9. The highest BCUT2D eigenvalue weighted by molar-refractivity contribution is 6.10. The van der Waals surface area contributed by atoms with Crippen molar-refractivity contribution in [2.75, 3.05) is 0 Å². The summed E-state index contributed by atoms with van der Waals surface area (Å²) < 4.78 is 16.2. The fourth-order valence-corrected chi connectivity index (χ4v) is 2.97. The van der Waals surface area contributed by atoms with Crippen molar-refractivity contribution in [3.63, 3.8) is 0 Å². The summed E-state index contributed by atoms with van der Waals surface area (Å²) >= 11 is 0. The van der Waals surface area contributed by atoms with Gasteiger partial charge < -0.3 is 18.4 Å². The van der Waals surface area contributed by atoms with Crippen LogP contribution in [0.4, 0.5) is 0 Å². The Labute approximate surface area is 165 Å². The standard InChI is InChI=1S/C23H16O6/c1-14-12-18(25)22-20(13-14)29-19(9-7-16-5-3-11-28-16)21(23(22)26)17(24)8-6-15-4-2-10-27-15/h2-13,25H,1H3/b8-6+,9-7+. The molecule has 6 heteroatoms. The van der Waals surface area contributed by atoms with Crippen LogP contribution in [-0.2, 0) is 0 Å². The first-order valence-corrected chi connectivity index (χ1v) is 8.81.